The second kappa shape index (κ2) is 8.76. The molecule has 4 nitrogen and oxygen atoms in total. The Morgan fingerprint density at radius 2 is 1.80 bits per heavy atom. The van der Waals surface area contributed by atoms with Gasteiger partial charge in [-0.2, -0.15) is 0 Å². The molecule has 0 aliphatic rings. The van der Waals surface area contributed by atoms with Crippen LogP contribution in [0.2, 0.25) is 0 Å². The molecular formula is C19H20BrFN2O2. The highest BCUT2D eigenvalue weighted by Gasteiger charge is 2.23. The van der Waals surface area contributed by atoms with Crippen molar-refractivity contribution in [3.05, 3.63) is 64.4 Å². The summed E-state index contributed by atoms with van der Waals surface area (Å²) in [6, 6.07) is 12.4. The molecule has 0 bridgehead atoms. The van der Waals surface area contributed by atoms with Crippen LogP contribution in [0.4, 0.5) is 10.1 Å². The van der Waals surface area contributed by atoms with Gasteiger partial charge in [-0.15, -0.1) is 0 Å². The first kappa shape index (κ1) is 19.1. The Morgan fingerprint density at radius 1 is 1.12 bits per heavy atom. The van der Waals surface area contributed by atoms with Crippen molar-refractivity contribution in [1.82, 2.24) is 5.32 Å². The van der Waals surface area contributed by atoms with Crippen molar-refractivity contribution in [2.24, 2.45) is 5.92 Å². The van der Waals surface area contributed by atoms with Crippen LogP contribution in [0, 0.1) is 11.7 Å². The van der Waals surface area contributed by atoms with E-state index in [9.17, 15) is 14.0 Å². The molecule has 0 saturated carbocycles. The van der Waals surface area contributed by atoms with Gasteiger partial charge in [0.05, 0.1) is 5.69 Å². The standard InChI is InChI=1S/C19H20BrFN2O2/c1-12(2)10-17(24)23-18(13-6-4-3-5-7-13)19(25)22-16-9-8-14(20)11-15(16)21/h3-9,11-12,18H,10H2,1-2H3,(H,22,25)(H,23,24). The minimum atomic E-state index is -0.893. The average molecular weight is 407 g/mol. The van der Waals surface area contributed by atoms with E-state index in [-0.39, 0.29) is 17.5 Å². The van der Waals surface area contributed by atoms with Gasteiger partial charge in [0.1, 0.15) is 11.9 Å². The fourth-order valence-corrected chi connectivity index (χ4v) is 2.67. The summed E-state index contributed by atoms with van der Waals surface area (Å²) in [5.74, 6) is -1.11. The molecule has 2 N–H and O–H groups in total. The predicted octanol–water partition coefficient (Wildman–Crippen LogP) is 4.43. The number of halogens is 2. The van der Waals surface area contributed by atoms with E-state index in [0.717, 1.165) is 0 Å². The van der Waals surface area contributed by atoms with Crippen LogP contribution in [-0.4, -0.2) is 11.8 Å². The smallest absolute Gasteiger partial charge is 0.251 e. The van der Waals surface area contributed by atoms with E-state index in [1.54, 1.807) is 30.3 Å². The summed E-state index contributed by atoms with van der Waals surface area (Å²) >= 11 is 3.17. The molecule has 0 spiro atoms. The van der Waals surface area contributed by atoms with Gasteiger partial charge < -0.3 is 10.6 Å². The van der Waals surface area contributed by atoms with Gasteiger partial charge in [0.2, 0.25) is 5.91 Å². The van der Waals surface area contributed by atoms with Gasteiger partial charge in [-0.25, -0.2) is 4.39 Å². The maximum atomic E-state index is 14.0. The maximum absolute atomic E-state index is 14.0. The first-order chi connectivity index (χ1) is 11.9. The van der Waals surface area contributed by atoms with Crippen LogP contribution in [-0.2, 0) is 9.59 Å². The second-order valence-corrected chi connectivity index (χ2v) is 7.04. The first-order valence-electron chi connectivity index (χ1n) is 7.97. The molecule has 132 valence electrons. The summed E-state index contributed by atoms with van der Waals surface area (Å²) < 4.78 is 14.6. The van der Waals surface area contributed by atoms with E-state index < -0.39 is 17.8 Å². The van der Waals surface area contributed by atoms with E-state index in [1.807, 2.05) is 19.9 Å². The lowest BCUT2D eigenvalue weighted by Gasteiger charge is -2.20. The van der Waals surface area contributed by atoms with Gasteiger partial charge >= 0.3 is 0 Å². The Morgan fingerprint density at radius 3 is 2.40 bits per heavy atom. The monoisotopic (exact) mass is 406 g/mol. The number of rotatable bonds is 6. The van der Waals surface area contributed by atoms with Crippen molar-refractivity contribution >= 4 is 33.4 Å². The molecule has 2 aromatic rings. The van der Waals surface area contributed by atoms with Crippen LogP contribution in [0.1, 0.15) is 31.9 Å². The molecule has 6 heteroatoms. The number of hydrogen-bond acceptors (Lipinski definition) is 2. The van der Waals surface area contributed by atoms with E-state index in [0.29, 0.717) is 16.5 Å². The molecule has 0 aromatic heterocycles. The molecule has 2 rings (SSSR count). The summed E-state index contributed by atoms with van der Waals surface area (Å²) in [5.41, 5.74) is 0.696. The molecule has 1 atom stereocenters. The molecule has 0 saturated heterocycles. The van der Waals surface area contributed by atoms with E-state index in [4.69, 9.17) is 0 Å². The SMILES string of the molecule is CC(C)CC(=O)NC(C(=O)Nc1ccc(Br)cc1F)c1ccccc1. The van der Waals surface area contributed by atoms with Gasteiger partial charge in [0.15, 0.2) is 0 Å². The number of amides is 2. The van der Waals surface area contributed by atoms with Crippen LogP contribution in [0.15, 0.2) is 53.0 Å². The molecule has 0 aliphatic heterocycles. The number of carbonyl (C=O) groups excluding carboxylic acids is 2. The molecule has 2 amide bonds. The first-order valence-corrected chi connectivity index (χ1v) is 8.76. The molecule has 25 heavy (non-hydrogen) atoms. The molecule has 0 heterocycles. The normalized spacial score (nSPS) is 11.9. The number of benzene rings is 2. The van der Waals surface area contributed by atoms with Gasteiger partial charge in [0, 0.05) is 10.9 Å². The molecule has 1 unspecified atom stereocenters. The van der Waals surface area contributed by atoms with Crippen LogP contribution in [0.3, 0.4) is 0 Å². The number of nitrogens with one attached hydrogen (secondary N) is 2. The van der Waals surface area contributed by atoms with Gasteiger partial charge in [-0.05, 0) is 29.7 Å². The van der Waals surface area contributed by atoms with Crippen molar-refractivity contribution in [2.75, 3.05) is 5.32 Å². The van der Waals surface area contributed by atoms with Crippen LogP contribution < -0.4 is 10.6 Å². The Hall–Kier alpha value is -2.21. The van der Waals surface area contributed by atoms with Crippen molar-refractivity contribution in [3.8, 4) is 0 Å². The third kappa shape index (κ3) is 5.67. The molecule has 0 aliphatic carbocycles. The average Bonchev–Trinajstić information content (AvgIpc) is 2.55. The summed E-state index contributed by atoms with van der Waals surface area (Å²) in [6.45, 7) is 3.85. The van der Waals surface area contributed by atoms with Crippen LogP contribution in [0.25, 0.3) is 0 Å². The minimum absolute atomic E-state index is 0.0623. The zero-order chi connectivity index (χ0) is 18.4. The Bertz CT molecular complexity index is 750. The molecule has 2 aromatic carbocycles. The lowest BCUT2D eigenvalue weighted by atomic mass is 10.0. The highest BCUT2D eigenvalue weighted by molar-refractivity contribution is 9.10. The van der Waals surface area contributed by atoms with Gasteiger partial charge in [-0.3, -0.25) is 9.59 Å². The summed E-state index contributed by atoms with van der Waals surface area (Å²) in [7, 11) is 0. The second-order valence-electron chi connectivity index (χ2n) is 6.12. The third-order valence-corrected chi connectivity index (χ3v) is 3.98. The van der Waals surface area contributed by atoms with E-state index in [2.05, 4.69) is 26.6 Å². The minimum Gasteiger partial charge on any atom is -0.341 e. The highest BCUT2D eigenvalue weighted by atomic mass is 79.9. The summed E-state index contributed by atoms with van der Waals surface area (Å²) in [4.78, 5) is 24.8. The molecule has 0 radical (unpaired) electrons. The molecule has 0 fully saturated rings. The number of carbonyl (C=O) groups is 2. The topological polar surface area (TPSA) is 58.2 Å². The lowest BCUT2D eigenvalue weighted by Crippen LogP contribution is -2.37. The Balaban J connectivity index is 2.22. The van der Waals surface area contributed by atoms with Crippen molar-refractivity contribution in [3.63, 3.8) is 0 Å². The zero-order valence-electron chi connectivity index (χ0n) is 14.1. The summed E-state index contributed by atoms with van der Waals surface area (Å²) in [6.07, 6.45) is 0.309. The fraction of sp³-hybridized carbons (Fsp3) is 0.263. The van der Waals surface area contributed by atoms with Crippen molar-refractivity contribution < 1.29 is 14.0 Å². The highest BCUT2D eigenvalue weighted by Crippen LogP contribution is 2.22. The largest absolute Gasteiger partial charge is 0.341 e. The number of anilines is 1. The molecular weight excluding hydrogens is 387 g/mol. The Kier molecular flexibility index (Phi) is 6.70. The number of hydrogen-bond donors (Lipinski definition) is 2. The van der Waals surface area contributed by atoms with Crippen LogP contribution >= 0.6 is 15.9 Å². The van der Waals surface area contributed by atoms with E-state index >= 15 is 0 Å². The quantitative estimate of drug-likeness (QED) is 0.745. The fourth-order valence-electron chi connectivity index (χ4n) is 2.33. The summed E-state index contributed by atoms with van der Waals surface area (Å²) in [5, 5.41) is 5.28. The van der Waals surface area contributed by atoms with Crippen molar-refractivity contribution in [2.45, 2.75) is 26.3 Å². The Labute approximate surface area is 154 Å². The van der Waals surface area contributed by atoms with Crippen LogP contribution in [0.5, 0.6) is 0 Å². The van der Waals surface area contributed by atoms with E-state index in [1.165, 1.54) is 12.1 Å². The third-order valence-electron chi connectivity index (χ3n) is 3.48. The van der Waals surface area contributed by atoms with Gasteiger partial charge in [0.25, 0.3) is 5.91 Å². The van der Waals surface area contributed by atoms with Crippen molar-refractivity contribution in [1.29, 1.82) is 0 Å². The maximum Gasteiger partial charge on any atom is 0.251 e. The lowest BCUT2D eigenvalue weighted by molar-refractivity contribution is -0.127. The van der Waals surface area contributed by atoms with Gasteiger partial charge in [-0.1, -0.05) is 60.1 Å². The predicted molar refractivity (Wildman–Crippen MR) is 99.5 cm³/mol. The zero-order valence-corrected chi connectivity index (χ0v) is 15.6.